The number of aromatic nitrogens is 2. The summed E-state index contributed by atoms with van der Waals surface area (Å²) in [6.07, 6.45) is -3.91. The Bertz CT molecular complexity index is 1130. The van der Waals surface area contributed by atoms with Crippen molar-refractivity contribution in [2.24, 2.45) is 0 Å². The van der Waals surface area contributed by atoms with Crippen molar-refractivity contribution in [2.45, 2.75) is 28.4 Å². The van der Waals surface area contributed by atoms with E-state index < -0.39 is 17.3 Å². The highest BCUT2D eigenvalue weighted by molar-refractivity contribution is 7.99. The molecule has 9 heteroatoms. The van der Waals surface area contributed by atoms with Crippen molar-refractivity contribution in [3.63, 3.8) is 0 Å². The lowest BCUT2D eigenvalue weighted by Gasteiger charge is -2.15. The van der Waals surface area contributed by atoms with Crippen LogP contribution in [0.2, 0.25) is 0 Å². The van der Waals surface area contributed by atoms with Crippen LogP contribution in [0.3, 0.4) is 0 Å². The smallest absolute Gasteiger partial charge is 0.268 e. The van der Waals surface area contributed by atoms with Crippen LogP contribution in [-0.2, 0) is 18.3 Å². The molecule has 1 aromatic heterocycles. The number of fused-ring (bicyclic) bond motifs is 1. The summed E-state index contributed by atoms with van der Waals surface area (Å²) >= 11 is 2.48. The number of aryl methyl sites for hydroxylation is 1. The van der Waals surface area contributed by atoms with E-state index >= 15 is 0 Å². The second kappa shape index (κ2) is 7.87. The Hall–Kier alpha value is -2.26. The van der Waals surface area contributed by atoms with Gasteiger partial charge < -0.3 is 0 Å². The summed E-state index contributed by atoms with van der Waals surface area (Å²) in [6, 6.07) is 10.8. The number of alkyl halides is 3. The maximum Gasteiger partial charge on any atom is 0.416 e. The monoisotopic (exact) mass is 438 g/mol. The van der Waals surface area contributed by atoms with Crippen LogP contribution in [0, 0.1) is 5.82 Å². The van der Waals surface area contributed by atoms with Crippen LogP contribution in [0.5, 0.6) is 0 Å². The number of benzene rings is 2. The van der Waals surface area contributed by atoms with E-state index in [4.69, 9.17) is 0 Å². The molecule has 0 unspecified atom stereocenters. The Kier molecular flexibility index (Phi) is 5.44. The Balaban J connectivity index is 1.81. The van der Waals surface area contributed by atoms with Gasteiger partial charge in [-0.25, -0.2) is 9.37 Å². The first-order valence-electron chi connectivity index (χ1n) is 8.67. The van der Waals surface area contributed by atoms with Gasteiger partial charge >= 0.3 is 6.18 Å². The zero-order chi connectivity index (χ0) is 20.6. The normalized spacial score (nSPS) is 13.5. The number of hydrogen-bond donors (Lipinski definition) is 0. The summed E-state index contributed by atoms with van der Waals surface area (Å²) in [5, 5.41) is 0.249. The molecule has 2 heterocycles. The highest BCUT2D eigenvalue weighted by Crippen LogP contribution is 2.33. The summed E-state index contributed by atoms with van der Waals surface area (Å²) in [5.74, 6) is 0.510. The molecule has 0 bridgehead atoms. The predicted molar refractivity (Wildman–Crippen MR) is 105 cm³/mol. The minimum atomic E-state index is -4.53. The lowest BCUT2D eigenvalue weighted by molar-refractivity contribution is -0.137. The molecule has 4 rings (SSSR count). The molecule has 0 N–H and O–H groups in total. The highest BCUT2D eigenvalue weighted by Gasteiger charge is 2.31. The molecule has 1 aliphatic heterocycles. The van der Waals surface area contributed by atoms with Crippen molar-refractivity contribution in [3.05, 3.63) is 81.5 Å². The van der Waals surface area contributed by atoms with Gasteiger partial charge in [0.2, 0.25) is 0 Å². The molecule has 3 aromatic rings. The standard InChI is InChI=1S/C20H14F4N2OS2/c21-15-7-2-1-4-12(15)11-29-19-25-16-8-9-28-17(16)18(27)26(19)14-6-3-5-13(10-14)20(22,23)24/h1-7,10H,8-9,11H2. The van der Waals surface area contributed by atoms with E-state index in [0.717, 1.165) is 23.9 Å². The van der Waals surface area contributed by atoms with Crippen molar-refractivity contribution in [1.82, 2.24) is 9.55 Å². The van der Waals surface area contributed by atoms with Crippen molar-refractivity contribution in [3.8, 4) is 5.69 Å². The molecule has 0 aliphatic carbocycles. The molecule has 0 saturated heterocycles. The topological polar surface area (TPSA) is 34.9 Å². The third kappa shape index (κ3) is 4.06. The first kappa shape index (κ1) is 20.0. The Morgan fingerprint density at radius 1 is 1.14 bits per heavy atom. The average Bonchev–Trinajstić information content (AvgIpc) is 3.16. The molecule has 0 spiro atoms. The number of hydrogen-bond acceptors (Lipinski definition) is 4. The van der Waals surface area contributed by atoms with Crippen molar-refractivity contribution in [1.29, 1.82) is 0 Å². The van der Waals surface area contributed by atoms with E-state index in [0.29, 0.717) is 28.3 Å². The molecule has 3 nitrogen and oxygen atoms in total. The van der Waals surface area contributed by atoms with E-state index in [2.05, 4.69) is 4.98 Å². The number of thioether (sulfide) groups is 2. The molecule has 0 saturated carbocycles. The maximum absolute atomic E-state index is 14.0. The minimum absolute atomic E-state index is 0.0867. The predicted octanol–water partition coefficient (Wildman–Crippen LogP) is 5.33. The van der Waals surface area contributed by atoms with Crippen molar-refractivity contribution < 1.29 is 17.6 Å². The van der Waals surface area contributed by atoms with Gasteiger partial charge in [0.1, 0.15) is 5.82 Å². The summed E-state index contributed by atoms with van der Waals surface area (Å²) < 4.78 is 54.7. The fourth-order valence-corrected chi connectivity index (χ4v) is 5.04. The van der Waals surface area contributed by atoms with Gasteiger partial charge in [0, 0.05) is 17.9 Å². The summed E-state index contributed by atoms with van der Waals surface area (Å²) in [5.41, 5.74) is -0.0897. The van der Waals surface area contributed by atoms with Crippen LogP contribution in [0.4, 0.5) is 17.6 Å². The van der Waals surface area contributed by atoms with E-state index in [-0.39, 0.29) is 22.4 Å². The molecule has 29 heavy (non-hydrogen) atoms. The van der Waals surface area contributed by atoms with E-state index in [1.54, 1.807) is 18.2 Å². The van der Waals surface area contributed by atoms with Gasteiger partial charge in [0.15, 0.2) is 5.16 Å². The maximum atomic E-state index is 14.0. The average molecular weight is 438 g/mol. The van der Waals surface area contributed by atoms with Crippen molar-refractivity contribution in [2.75, 3.05) is 5.75 Å². The van der Waals surface area contributed by atoms with Gasteiger partial charge in [-0.05, 0) is 29.8 Å². The molecule has 0 fully saturated rings. The van der Waals surface area contributed by atoms with Gasteiger partial charge in [-0.2, -0.15) is 13.2 Å². The van der Waals surface area contributed by atoms with Gasteiger partial charge in [-0.3, -0.25) is 9.36 Å². The fraction of sp³-hybridized carbons (Fsp3) is 0.200. The first-order valence-corrected chi connectivity index (χ1v) is 10.6. The lowest BCUT2D eigenvalue weighted by Crippen LogP contribution is -2.24. The van der Waals surface area contributed by atoms with Crippen LogP contribution in [0.15, 0.2) is 63.4 Å². The Morgan fingerprint density at radius 2 is 1.93 bits per heavy atom. The Morgan fingerprint density at radius 3 is 2.69 bits per heavy atom. The lowest BCUT2D eigenvalue weighted by atomic mass is 10.2. The summed E-state index contributed by atoms with van der Waals surface area (Å²) in [7, 11) is 0. The molecular weight excluding hydrogens is 424 g/mol. The van der Waals surface area contributed by atoms with Crippen LogP contribution >= 0.6 is 23.5 Å². The highest BCUT2D eigenvalue weighted by atomic mass is 32.2. The van der Waals surface area contributed by atoms with Crippen LogP contribution < -0.4 is 5.56 Å². The fourth-order valence-electron chi connectivity index (χ4n) is 3.00. The molecule has 0 radical (unpaired) electrons. The van der Waals surface area contributed by atoms with Crippen LogP contribution in [-0.4, -0.2) is 15.3 Å². The van der Waals surface area contributed by atoms with E-state index in [9.17, 15) is 22.4 Å². The third-order valence-corrected chi connectivity index (χ3v) is 6.51. The molecule has 1 aliphatic rings. The molecule has 150 valence electrons. The SMILES string of the molecule is O=c1c2c(nc(SCc3ccccc3F)n1-c1cccc(C(F)(F)F)c1)CCS2. The van der Waals surface area contributed by atoms with Gasteiger partial charge in [0.25, 0.3) is 5.56 Å². The molecular formula is C20H14F4N2OS2. The van der Waals surface area contributed by atoms with E-state index in [1.807, 2.05) is 0 Å². The molecule has 0 atom stereocenters. The zero-order valence-corrected chi connectivity index (χ0v) is 16.5. The number of halogens is 4. The summed E-state index contributed by atoms with van der Waals surface area (Å²) in [6.45, 7) is 0. The van der Waals surface area contributed by atoms with Gasteiger partial charge in [-0.15, -0.1) is 11.8 Å². The quantitative estimate of drug-likeness (QED) is 0.313. The van der Waals surface area contributed by atoms with Crippen molar-refractivity contribution >= 4 is 23.5 Å². The second-order valence-corrected chi connectivity index (χ2v) is 8.39. The number of rotatable bonds is 4. The Labute approximate surface area is 172 Å². The zero-order valence-electron chi connectivity index (χ0n) is 14.9. The molecule has 0 amide bonds. The third-order valence-electron chi connectivity index (χ3n) is 4.41. The van der Waals surface area contributed by atoms with Gasteiger partial charge in [-0.1, -0.05) is 36.0 Å². The first-order chi connectivity index (χ1) is 13.8. The summed E-state index contributed by atoms with van der Waals surface area (Å²) in [4.78, 5) is 18.0. The van der Waals surface area contributed by atoms with E-state index in [1.165, 1.54) is 34.5 Å². The number of nitrogens with zero attached hydrogens (tertiary/aromatic N) is 2. The van der Waals surface area contributed by atoms with Gasteiger partial charge in [0.05, 0.1) is 21.8 Å². The minimum Gasteiger partial charge on any atom is -0.268 e. The van der Waals surface area contributed by atoms with Crippen LogP contribution in [0.1, 0.15) is 16.8 Å². The largest absolute Gasteiger partial charge is 0.416 e. The van der Waals surface area contributed by atoms with Crippen LogP contribution in [0.25, 0.3) is 5.69 Å². The molecule has 2 aromatic carbocycles. The second-order valence-electron chi connectivity index (χ2n) is 6.34.